The quantitative estimate of drug-likeness (QED) is 0.870. The highest BCUT2D eigenvalue weighted by Crippen LogP contribution is 2.11. The van der Waals surface area contributed by atoms with Gasteiger partial charge in [0.15, 0.2) is 0 Å². The van der Waals surface area contributed by atoms with Crippen molar-refractivity contribution in [1.82, 2.24) is 19.7 Å². The molecule has 0 aliphatic heterocycles. The second kappa shape index (κ2) is 5.19. The van der Waals surface area contributed by atoms with E-state index in [-0.39, 0.29) is 6.54 Å². The van der Waals surface area contributed by atoms with Crippen molar-refractivity contribution in [3.8, 4) is 0 Å². The van der Waals surface area contributed by atoms with Gasteiger partial charge in [-0.05, 0) is 22.6 Å². The summed E-state index contributed by atoms with van der Waals surface area (Å²) in [6, 6.07) is 0. The molecule has 2 heterocycles. The molecule has 0 spiro atoms. The lowest BCUT2D eigenvalue weighted by Gasteiger charge is -2.00. The number of nitrogens with one attached hydrogen (secondary N) is 1. The number of nitrogens with zero attached hydrogens (tertiary/aromatic N) is 4. The van der Waals surface area contributed by atoms with E-state index in [0.29, 0.717) is 5.95 Å². The smallest absolute Gasteiger partial charge is 0.227 e. The number of aryl methyl sites for hydroxylation is 1. The molecule has 16 heavy (non-hydrogen) atoms. The monoisotopic (exact) mass is 333 g/mol. The van der Waals surface area contributed by atoms with Crippen molar-refractivity contribution in [2.75, 3.05) is 12.0 Å². The van der Waals surface area contributed by atoms with Crippen molar-refractivity contribution in [3.63, 3.8) is 0 Å². The summed E-state index contributed by atoms with van der Waals surface area (Å²) in [5.41, 5.74) is 0.745. The van der Waals surface area contributed by atoms with Gasteiger partial charge in [-0.3, -0.25) is 4.68 Å². The molecule has 84 valence electrons. The maximum atomic E-state index is 12.1. The Balaban J connectivity index is 2.05. The van der Waals surface area contributed by atoms with Crippen LogP contribution < -0.4 is 5.32 Å². The Kier molecular flexibility index (Phi) is 3.65. The van der Waals surface area contributed by atoms with Crippen LogP contribution in [0.5, 0.6) is 0 Å². The van der Waals surface area contributed by atoms with Crippen LogP contribution in [0.4, 0.5) is 16.0 Å². The SMILES string of the molecule is FCCn1cc(Nc2ncc(I)cn2)cn1. The summed E-state index contributed by atoms with van der Waals surface area (Å²) in [4.78, 5) is 8.18. The molecule has 0 amide bonds. The van der Waals surface area contributed by atoms with Crippen LogP contribution in [-0.2, 0) is 6.54 Å². The van der Waals surface area contributed by atoms with Gasteiger partial charge >= 0.3 is 0 Å². The van der Waals surface area contributed by atoms with Gasteiger partial charge in [-0.15, -0.1) is 0 Å². The number of hydrogen-bond acceptors (Lipinski definition) is 4. The summed E-state index contributed by atoms with van der Waals surface area (Å²) in [6.07, 6.45) is 6.74. The van der Waals surface area contributed by atoms with Crippen LogP contribution in [0.1, 0.15) is 0 Å². The Morgan fingerprint density at radius 2 is 2.06 bits per heavy atom. The molecule has 2 rings (SSSR count). The lowest BCUT2D eigenvalue weighted by Crippen LogP contribution is -1.99. The third kappa shape index (κ3) is 2.87. The molecule has 1 N–H and O–H groups in total. The van der Waals surface area contributed by atoms with Gasteiger partial charge in [0.1, 0.15) is 6.67 Å². The van der Waals surface area contributed by atoms with Crippen molar-refractivity contribution in [3.05, 3.63) is 28.4 Å². The molecule has 0 unspecified atom stereocenters. The molecular weight excluding hydrogens is 324 g/mol. The molecule has 2 aromatic heterocycles. The van der Waals surface area contributed by atoms with E-state index in [1.165, 1.54) is 4.68 Å². The third-order valence-corrected chi connectivity index (χ3v) is 2.38. The first-order chi connectivity index (χ1) is 7.78. The number of anilines is 2. The Hall–Kier alpha value is -1.25. The number of rotatable bonds is 4. The molecule has 0 aromatic carbocycles. The fourth-order valence-corrected chi connectivity index (χ4v) is 1.42. The van der Waals surface area contributed by atoms with Crippen LogP contribution >= 0.6 is 22.6 Å². The van der Waals surface area contributed by atoms with Gasteiger partial charge in [-0.25, -0.2) is 14.4 Å². The maximum Gasteiger partial charge on any atom is 0.227 e. The van der Waals surface area contributed by atoms with Crippen LogP contribution in [0.15, 0.2) is 24.8 Å². The Bertz CT molecular complexity index is 455. The van der Waals surface area contributed by atoms with Crippen molar-refractivity contribution in [1.29, 1.82) is 0 Å². The standard InChI is InChI=1S/C9H9FIN5/c10-1-2-16-6-8(5-14-16)15-9-12-3-7(11)4-13-9/h3-6H,1-2H2,(H,12,13,15). The number of alkyl halides is 1. The van der Waals surface area contributed by atoms with E-state index in [1.807, 2.05) is 0 Å². The highest BCUT2D eigenvalue weighted by molar-refractivity contribution is 14.1. The number of halogens is 2. The summed E-state index contributed by atoms with van der Waals surface area (Å²) in [5.74, 6) is 0.500. The van der Waals surface area contributed by atoms with Crippen LogP contribution in [-0.4, -0.2) is 26.4 Å². The first-order valence-corrected chi connectivity index (χ1v) is 5.69. The topological polar surface area (TPSA) is 55.6 Å². The highest BCUT2D eigenvalue weighted by Gasteiger charge is 2.00. The van der Waals surface area contributed by atoms with E-state index < -0.39 is 6.67 Å². The van der Waals surface area contributed by atoms with E-state index in [1.54, 1.807) is 24.8 Å². The molecule has 0 saturated heterocycles. The van der Waals surface area contributed by atoms with Crippen LogP contribution in [0, 0.1) is 3.57 Å². The third-order valence-electron chi connectivity index (χ3n) is 1.82. The van der Waals surface area contributed by atoms with Crippen molar-refractivity contribution < 1.29 is 4.39 Å². The molecule has 0 aliphatic carbocycles. The maximum absolute atomic E-state index is 12.1. The first-order valence-electron chi connectivity index (χ1n) is 4.61. The molecule has 0 bridgehead atoms. The van der Waals surface area contributed by atoms with Gasteiger partial charge in [-0.2, -0.15) is 5.10 Å². The minimum atomic E-state index is -0.429. The van der Waals surface area contributed by atoms with Gasteiger partial charge in [-0.1, -0.05) is 0 Å². The zero-order valence-electron chi connectivity index (χ0n) is 8.27. The Labute approximate surface area is 105 Å². The van der Waals surface area contributed by atoms with E-state index in [4.69, 9.17) is 0 Å². The summed E-state index contributed by atoms with van der Waals surface area (Å²) < 4.78 is 14.5. The predicted molar refractivity (Wildman–Crippen MR) is 66.2 cm³/mol. The number of aromatic nitrogens is 4. The summed E-state index contributed by atoms with van der Waals surface area (Å²) in [6.45, 7) is -0.170. The van der Waals surface area contributed by atoms with Gasteiger partial charge in [0.25, 0.3) is 0 Å². The first kappa shape index (κ1) is 11.2. The second-order valence-corrected chi connectivity index (χ2v) is 4.28. The normalized spacial score (nSPS) is 10.4. The molecule has 0 radical (unpaired) electrons. The Morgan fingerprint density at radius 1 is 1.31 bits per heavy atom. The van der Waals surface area contributed by atoms with Crippen molar-refractivity contribution in [2.45, 2.75) is 6.54 Å². The van der Waals surface area contributed by atoms with Crippen molar-refractivity contribution >= 4 is 34.2 Å². The highest BCUT2D eigenvalue weighted by atomic mass is 127. The largest absolute Gasteiger partial charge is 0.321 e. The molecular formula is C9H9FIN5. The molecule has 0 fully saturated rings. The van der Waals surface area contributed by atoms with Crippen LogP contribution in [0.3, 0.4) is 0 Å². The summed E-state index contributed by atoms with van der Waals surface area (Å²) in [7, 11) is 0. The minimum absolute atomic E-state index is 0.259. The average Bonchev–Trinajstić information content (AvgIpc) is 2.70. The zero-order valence-corrected chi connectivity index (χ0v) is 10.4. The average molecular weight is 333 g/mol. The number of hydrogen-bond donors (Lipinski definition) is 1. The van der Waals surface area contributed by atoms with Gasteiger partial charge in [0.2, 0.25) is 5.95 Å². The van der Waals surface area contributed by atoms with E-state index in [0.717, 1.165) is 9.26 Å². The van der Waals surface area contributed by atoms with E-state index in [9.17, 15) is 4.39 Å². The molecule has 0 atom stereocenters. The van der Waals surface area contributed by atoms with Crippen LogP contribution in [0.25, 0.3) is 0 Å². The molecule has 5 nitrogen and oxygen atoms in total. The van der Waals surface area contributed by atoms with E-state index >= 15 is 0 Å². The predicted octanol–water partition coefficient (Wildman–Crippen LogP) is 1.99. The van der Waals surface area contributed by atoms with Gasteiger partial charge in [0, 0.05) is 22.2 Å². The van der Waals surface area contributed by atoms with Crippen LogP contribution in [0.2, 0.25) is 0 Å². The van der Waals surface area contributed by atoms with Crippen molar-refractivity contribution in [2.24, 2.45) is 0 Å². The summed E-state index contributed by atoms with van der Waals surface area (Å²) in [5, 5.41) is 6.96. The summed E-state index contributed by atoms with van der Waals surface area (Å²) >= 11 is 2.13. The fraction of sp³-hybridized carbons (Fsp3) is 0.222. The van der Waals surface area contributed by atoms with Gasteiger partial charge < -0.3 is 5.32 Å². The molecule has 0 saturated carbocycles. The fourth-order valence-electron chi connectivity index (χ4n) is 1.14. The molecule has 0 aliphatic rings. The lowest BCUT2D eigenvalue weighted by molar-refractivity contribution is 0.427. The molecule has 7 heteroatoms. The van der Waals surface area contributed by atoms with Gasteiger partial charge in [0.05, 0.1) is 18.4 Å². The second-order valence-electron chi connectivity index (χ2n) is 3.03. The minimum Gasteiger partial charge on any atom is -0.321 e. The van der Waals surface area contributed by atoms with E-state index in [2.05, 4.69) is 43.0 Å². The Morgan fingerprint density at radius 3 is 2.75 bits per heavy atom. The molecule has 2 aromatic rings. The zero-order chi connectivity index (χ0) is 11.4. The lowest BCUT2D eigenvalue weighted by atomic mass is 10.5.